The molecule has 1 fully saturated rings. The van der Waals surface area contributed by atoms with Crippen LogP contribution < -0.4 is 11.1 Å². The van der Waals surface area contributed by atoms with Gasteiger partial charge in [-0.1, -0.05) is 26.0 Å². The molecule has 1 aliphatic rings. The van der Waals surface area contributed by atoms with Crippen molar-refractivity contribution >= 4 is 23.0 Å². The van der Waals surface area contributed by atoms with Crippen molar-refractivity contribution in [1.29, 1.82) is 0 Å². The van der Waals surface area contributed by atoms with Gasteiger partial charge in [-0.25, -0.2) is 19.3 Å². The molecule has 0 radical (unpaired) electrons. The maximum absolute atomic E-state index is 14.8. The van der Waals surface area contributed by atoms with Gasteiger partial charge in [-0.05, 0) is 56.7 Å². The third kappa shape index (κ3) is 5.47. The van der Waals surface area contributed by atoms with Crippen molar-refractivity contribution in [1.82, 2.24) is 15.0 Å². The van der Waals surface area contributed by atoms with E-state index < -0.39 is 5.82 Å². The van der Waals surface area contributed by atoms with Gasteiger partial charge in [-0.2, -0.15) is 0 Å². The maximum Gasteiger partial charge on any atom is 0.223 e. The average molecular weight is 440 g/mol. The van der Waals surface area contributed by atoms with Crippen LogP contribution in [0.25, 0.3) is 21.8 Å². The number of nitrogens with one attached hydrogen (secondary N) is 1. The van der Waals surface area contributed by atoms with E-state index in [0.717, 1.165) is 47.7 Å². The van der Waals surface area contributed by atoms with Crippen molar-refractivity contribution in [2.45, 2.75) is 58.4 Å². The number of rotatable bonds is 8. The summed E-state index contributed by atoms with van der Waals surface area (Å²) >= 11 is 1.55. The van der Waals surface area contributed by atoms with Gasteiger partial charge in [0.2, 0.25) is 5.95 Å². The zero-order valence-electron chi connectivity index (χ0n) is 18.2. The summed E-state index contributed by atoms with van der Waals surface area (Å²) < 4.78 is 14.8. The first kappa shape index (κ1) is 22.9. The third-order valence-electron chi connectivity index (χ3n) is 5.08. The Morgan fingerprint density at radius 1 is 1.26 bits per heavy atom. The van der Waals surface area contributed by atoms with Crippen LogP contribution in [0.15, 0.2) is 43.1 Å². The monoisotopic (exact) mass is 439 g/mol. The fourth-order valence-corrected chi connectivity index (χ4v) is 4.34. The molecule has 5 nitrogen and oxygen atoms in total. The van der Waals surface area contributed by atoms with Gasteiger partial charge in [0.15, 0.2) is 5.82 Å². The first-order valence-electron chi connectivity index (χ1n) is 10.9. The lowest BCUT2D eigenvalue weighted by atomic mass is 9.93. The van der Waals surface area contributed by atoms with Gasteiger partial charge < -0.3 is 11.1 Å². The van der Waals surface area contributed by atoms with Crippen molar-refractivity contribution in [2.24, 2.45) is 0 Å². The minimum atomic E-state index is -0.446. The first-order chi connectivity index (χ1) is 15.2. The normalized spacial score (nSPS) is 13.1. The summed E-state index contributed by atoms with van der Waals surface area (Å²) in [6.45, 7) is 7.77. The molecule has 2 aromatic heterocycles. The van der Waals surface area contributed by atoms with Crippen LogP contribution in [0.4, 0.5) is 16.0 Å². The molecule has 0 atom stereocenters. The molecule has 7 heteroatoms. The van der Waals surface area contributed by atoms with Crippen molar-refractivity contribution in [3.8, 4) is 21.8 Å². The van der Waals surface area contributed by atoms with E-state index in [9.17, 15) is 4.39 Å². The average Bonchev–Trinajstić information content (AvgIpc) is 3.19. The number of benzene rings is 1. The van der Waals surface area contributed by atoms with E-state index in [1.807, 2.05) is 26.0 Å². The van der Waals surface area contributed by atoms with Gasteiger partial charge in [0.1, 0.15) is 0 Å². The Bertz CT molecular complexity index is 1010. The van der Waals surface area contributed by atoms with Gasteiger partial charge in [0, 0.05) is 17.8 Å². The van der Waals surface area contributed by atoms with Gasteiger partial charge in [0.05, 0.1) is 27.0 Å². The summed E-state index contributed by atoms with van der Waals surface area (Å²) in [5, 5.41) is 4.32. The van der Waals surface area contributed by atoms with Crippen molar-refractivity contribution in [2.75, 3.05) is 11.1 Å². The highest BCUT2D eigenvalue weighted by atomic mass is 32.1. The largest absolute Gasteiger partial charge is 0.396 e. The standard InChI is InChI=1S/C22H24FN5S.C2H6/c1-2-3-4-11-18-28-20(15-9-6-10-16(24)19(15)23)21(29-18)17-12-13-25-22(27-17)26-14-7-5-8-14;1-2/h2,6,9-10,12-14H,1,3-5,7-8,11,24H2,(H,25,26,27);1-2H3. The fraction of sp³-hybridized carbons (Fsp3) is 0.375. The molecule has 1 saturated carbocycles. The topological polar surface area (TPSA) is 76.7 Å². The molecule has 1 aromatic carbocycles. The number of hydrogen-bond acceptors (Lipinski definition) is 6. The predicted octanol–water partition coefficient (Wildman–Crippen LogP) is 6.49. The number of thiazole rings is 1. The molecule has 0 amide bonds. The number of nitrogen functional groups attached to an aromatic ring is 1. The summed E-state index contributed by atoms with van der Waals surface area (Å²) in [5.41, 5.74) is 7.65. The number of nitrogens with two attached hydrogens (primary N) is 1. The van der Waals surface area contributed by atoms with E-state index in [0.29, 0.717) is 23.2 Å². The van der Waals surface area contributed by atoms with E-state index in [-0.39, 0.29) is 5.69 Å². The fourth-order valence-electron chi connectivity index (χ4n) is 3.25. The molecule has 0 unspecified atom stereocenters. The first-order valence-corrected chi connectivity index (χ1v) is 11.7. The molecule has 31 heavy (non-hydrogen) atoms. The van der Waals surface area contributed by atoms with Crippen LogP contribution in [0, 0.1) is 5.82 Å². The van der Waals surface area contributed by atoms with Crippen molar-refractivity contribution < 1.29 is 4.39 Å². The van der Waals surface area contributed by atoms with Crippen LogP contribution >= 0.6 is 11.3 Å². The molecule has 0 bridgehead atoms. The van der Waals surface area contributed by atoms with Gasteiger partial charge in [-0.15, -0.1) is 17.9 Å². The number of aromatic nitrogens is 3. The molecule has 164 valence electrons. The number of hydrogen-bond donors (Lipinski definition) is 2. The second-order valence-electron chi connectivity index (χ2n) is 7.21. The van der Waals surface area contributed by atoms with Crippen molar-refractivity contribution in [3.63, 3.8) is 0 Å². The van der Waals surface area contributed by atoms with Gasteiger partial charge >= 0.3 is 0 Å². The molecule has 3 N–H and O–H groups in total. The van der Waals surface area contributed by atoms with E-state index in [1.165, 1.54) is 6.42 Å². The lowest BCUT2D eigenvalue weighted by Gasteiger charge is -2.26. The number of aryl methyl sites for hydroxylation is 1. The minimum Gasteiger partial charge on any atom is -0.396 e. The van der Waals surface area contributed by atoms with Crippen LogP contribution in [-0.4, -0.2) is 21.0 Å². The highest BCUT2D eigenvalue weighted by molar-refractivity contribution is 7.15. The van der Waals surface area contributed by atoms with Crippen LogP contribution in [-0.2, 0) is 6.42 Å². The lowest BCUT2D eigenvalue weighted by molar-refractivity contribution is 0.443. The highest BCUT2D eigenvalue weighted by Gasteiger charge is 2.21. The van der Waals surface area contributed by atoms with Crippen LogP contribution in [0.1, 0.15) is 51.0 Å². The van der Waals surface area contributed by atoms with E-state index in [4.69, 9.17) is 15.7 Å². The Morgan fingerprint density at radius 3 is 2.77 bits per heavy atom. The molecular weight excluding hydrogens is 409 g/mol. The zero-order chi connectivity index (χ0) is 22.2. The van der Waals surface area contributed by atoms with Gasteiger partial charge in [-0.3, -0.25) is 0 Å². The van der Waals surface area contributed by atoms with Gasteiger partial charge in [0.25, 0.3) is 0 Å². The number of unbranched alkanes of at least 4 members (excludes halogenated alkanes) is 1. The Hall–Kier alpha value is -2.80. The third-order valence-corrected chi connectivity index (χ3v) is 6.22. The maximum atomic E-state index is 14.8. The Labute approximate surface area is 187 Å². The number of halogens is 1. The molecule has 0 saturated heterocycles. The molecule has 4 rings (SSSR count). The number of anilines is 2. The molecular formula is C24H30FN5S. The summed E-state index contributed by atoms with van der Waals surface area (Å²) in [4.78, 5) is 14.6. The minimum absolute atomic E-state index is 0.115. The van der Waals surface area contributed by atoms with E-state index in [2.05, 4.69) is 16.9 Å². The molecule has 0 spiro atoms. The highest BCUT2D eigenvalue weighted by Crippen LogP contribution is 2.38. The summed E-state index contributed by atoms with van der Waals surface area (Å²) in [6.07, 6.45) is 9.83. The summed E-state index contributed by atoms with van der Waals surface area (Å²) in [6, 6.07) is 7.30. The summed E-state index contributed by atoms with van der Waals surface area (Å²) in [5.74, 6) is 0.159. The molecule has 2 heterocycles. The quantitative estimate of drug-likeness (QED) is 0.238. The lowest BCUT2D eigenvalue weighted by Crippen LogP contribution is -2.27. The number of nitrogens with zero attached hydrogens (tertiary/aromatic N) is 3. The Balaban J connectivity index is 0.00000132. The zero-order valence-corrected chi connectivity index (χ0v) is 19.0. The predicted molar refractivity (Wildman–Crippen MR) is 129 cm³/mol. The SMILES string of the molecule is C=CCCCc1nc(-c2cccc(N)c2F)c(-c2ccnc(NC3CCC3)n2)s1.CC. The summed E-state index contributed by atoms with van der Waals surface area (Å²) in [7, 11) is 0. The van der Waals surface area contributed by atoms with Crippen LogP contribution in [0.5, 0.6) is 0 Å². The van der Waals surface area contributed by atoms with E-state index in [1.54, 1.807) is 35.7 Å². The smallest absolute Gasteiger partial charge is 0.223 e. The van der Waals surface area contributed by atoms with E-state index >= 15 is 0 Å². The second-order valence-corrected chi connectivity index (χ2v) is 8.30. The van der Waals surface area contributed by atoms with Crippen LogP contribution in [0.2, 0.25) is 0 Å². The molecule has 1 aliphatic carbocycles. The molecule has 0 aliphatic heterocycles. The molecule has 3 aromatic rings. The number of allylic oxidation sites excluding steroid dienone is 1. The van der Waals surface area contributed by atoms with Crippen molar-refractivity contribution in [3.05, 3.63) is 53.9 Å². The Kier molecular flexibility index (Phi) is 8.12. The second kappa shape index (κ2) is 11.0. The van der Waals surface area contributed by atoms with Crippen LogP contribution in [0.3, 0.4) is 0 Å². The Morgan fingerprint density at radius 2 is 2.06 bits per heavy atom.